The predicted molar refractivity (Wildman–Crippen MR) is 39.8 cm³/mol. The third kappa shape index (κ3) is 8.85. The molecule has 4 heteroatoms. The molecule has 0 aliphatic heterocycles. The summed E-state index contributed by atoms with van der Waals surface area (Å²) in [7, 11) is 0. The van der Waals surface area contributed by atoms with E-state index in [9.17, 15) is 0 Å². The Hall–Kier alpha value is 2.32. The summed E-state index contributed by atoms with van der Waals surface area (Å²) < 4.78 is 0. The molecule has 0 saturated heterocycles. The molecule has 0 heterocycles. The molecule has 4 heavy (non-hydrogen) atoms. The van der Waals surface area contributed by atoms with Gasteiger partial charge in [-0.25, -0.2) is 0 Å². The van der Waals surface area contributed by atoms with Gasteiger partial charge in [-0.1, -0.05) is 0 Å². The summed E-state index contributed by atoms with van der Waals surface area (Å²) in [4.78, 5) is 0. The van der Waals surface area contributed by atoms with Crippen LogP contribution in [0.4, 0.5) is 0 Å². The maximum absolute atomic E-state index is 0. The van der Waals surface area contributed by atoms with Gasteiger partial charge >= 0.3 is 64.6 Å². The van der Waals surface area contributed by atoms with Crippen LogP contribution in [0.15, 0.2) is 0 Å². The molecule has 0 aromatic heterocycles. The molecular weight excluding hydrogens is 244 g/mol. The molecule has 0 bridgehead atoms. The quantitative estimate of drug-likeness (QED) is 0.382. The number of hydrogen-bond donors (Lipinski definition) is 0. The van der Waals surface area contributed by atoms with Crippen molar-refractivity contribution in [1.82, 2.24) is 0 Å². The second kappa shape index (κ2) is 18.4. The third-order valence-electron chi connectivity index (χ3n) is 0. The van der Waals surface area contributed by atoms with E-state index >= 15 is 0 Å². The van der Waals surface area contributed by atoms with Gasteiger partial charge in [0.25, 0.3) is 0 Å². The van der Waals surface area contributed by atoms with Crippen LogP contribution in [0.3, 0.4) is 0 Å². The van der Waals surface area contributed by atoms with Crippen molar-refractivity contribution in [2.75, 3.05) is 0 Å². The summed E-state index contributed by atoms with van der Waals surface area (Å²) in [5.41, 5.74) is 0. The molecule has 0 N–H and O–H groups in total. The molecule has 0 aromatic carbocycles. The summed E-state index contributed by atoms with van der Waals surface area (Å²) in [6.45, 7) is 0. The van der Waals surface area contributed by atoms with E-state index < -0.39 is 0 Å². The Balaban J connectivity index is 0. The first kappa shape index (κ1) is 33.2. The molecular formula is H12GeMgSiSn. The van der Waals surface area contributed by atoms with Crippen LogP contribution in [0.5, 0.6) is 0 Å². The summed E-state index contributed by atoms with van der Waals surface area (Å²) in [6.07, 6.45) is 0. The first-order chi connectivity index (χ1) is 0. The molecule has 2 radical (unpaired) electrons. The van der Waals surface area contributed by atoms with Crippen LogP contribution >= 0.6 is 0 Å². The Labute approximate surface area is 74.6 Å². The van der Waals surface area contributed by atoms with Crippen molar-refractivity contribution >= 4 is 75.5 Å². The average Bonchev–Trinajstić information content (AvgIpc) is 0. The second-order valence-electron chi connectivity index (χ2n) is 0. The molecule has 0 nitrogen and oxygen atoms in total. The molecule has 0 aliphatic rings. The molecule has 0 unspecified atom stereocenters. The first-order valence-electron chi connectivity index (χ1n) is 0. The zero-order valence-corrected chi connectivity index (χ0v) is 4.74. The topological polar surface area (TPSA) is 0 Å². The molecule has 0 fully saturated rings. The van der Waals surface area contributed by atoms with E-state index in [2.05, 4.69) is 0 Å². The van der Waals surface area contributed by atoms with Crippen molar-refractivity contribution in [2.24, 2.45) is 0 Å². The Kier molecular flexibility index (Phi) is 153. The van der Waals surface area contributed by atoms with Crippen LogP contribution in [0.2, 0.25) is 0 Å². The van der Waals surface area contributed by atoms with Gasteiger partial charge < -0.3 is 0 Å². The van der Waals surface area contributed by atoms with Gasteiger partial charge in [-0.2, -0.15) is 0 Å². The zero-order chi connectivity index (χ0) is 0. The van der Waals surface area contributed by atoms with Crippen LogP contribution in [0.25, 0.3) is 0 Å². The van der Waals surface area contributed by atoms with Gasteiger partial charge in [-0.05, 0) is 11.0 Å². The van der Waals surface area contributed by atoms with Crippen molar-refractivity contribution in [3.8, 4) is 0 Å². The Morgan fingerprint density at radius 1 is 1.00 bits per heavy atom. The summed E-state index contributed by atoms with van der Waals surface area (Å²) in [6, 6.07) is 0. The Bertz CT molecular complexity index is 8.00. The Morgan fingerprint density at radius 3 is 1.00 bits per heavy atom. The Morgan fingerprint density at radius 2 is 1.00 bits per heavy atom. The van der Waals surface area contributed by atoms with Gasteiger partial charge in [-0.3, -0.25) is 0 Å². The van der Waals surface area contributed by atoms with Crippen molar-refractivity contribution in [3.05, 3.63) is 0 Å². The molecule has 0 amide bonds. The van der Waals surface area contributed by atoms with E-state index in [-0.39, 0.29) is 75.5 Å². The molecule has 0 rings (SSSR count). The molecule has 0 aromatic rings. The predicted octanol–water partition coefficient (Wildman–Crippen LogP) is -4.74. The van der Waals surface area contributed by atoms with Gasteiger partial charge in [0, 0.05) is 0 Å². The molecule has 0 atom stereocenters. The molecule has 0 spiro atoms. The summed E-state index contributed by atoms with van der Waals surface area (Å²) in [5.74, 6) is 0. The van der Waals surface area contributed by atoms with E-state index in [1.54, 1.807) is 0 Å². The fourth-order valence-electron chi connectivity index (χ4n) is 0. The summed E-state index contributed by atoms with van der Waals surface area (Å²) in [5, 5.41) is 0. The first-order valence-corrected chi connectivity index (χ1v) is 0. The van der Waals surface area contributed by atoms with Crippen LogP contribution in [-0.2, 0) is 0 Å². The fraction of sp³-hybridized carbons (Fsp3) is 0. The third-order valence-corrected chi connectivity index (χ3v) is 0. The number of rotatable bonds is 0. The van der Waals surface area contributed by atoms with Gasteiger partial charge in [-0.15, -0.1) is 0 Å². The second-order valence-corrected chi connectivity index (χ2v) is 0. The minimum atomic E-state index is 0. The molecule has 26 valence electrons. The van der Waals surface area contributed by atoms with E-state index in [0.717, 1.165) is 0 Å². The minimum absolute atomic E-state index is 0. The van der Waals surface area contributed by atoms with Crippen LogP contribution in [0.1, 0.15) is 0 Å². The van der Waals surface area contributed by atoms with E-state index in [0.29, 0.717) is 0 Å². The summed E-state index contributed by atoms with van der Waals surface area (Å²) >= 11 is 0. The maximum atomic E-state index is 0. The standard InChI is InChI=1S/GeH4.Mg.H4Si.Sn.4H/h1H4;;1H4;;;;;. The average molecular weight is 256 g/mol. The van der Waals surface area contributed by atoms with Crippen LogP contribution in [0, 0.1) is 0 Å². The van der Waals surface area contributed by atoms with Gasteiger partial charge in [0.05, 0.1) is 0 Å². The van der Waals surface area contributed by atoms with Crippen molar-refractivity contribution in [1.29, 1.82) is 0 Å². The fourth-order valence-corrected chi connectivity index (χ4v) is 0. The van der Waals surface area contributed by atoms with Gasteiger partial charge in [0.1, 0.15) is 0 Å². The van der Waals surface area contributed by atoms with Gasteiger partial charge in [0.15, 0.2) is 0 Å². The zero-order valence-electron chi connectivity index (χ0n) is 0.707. The monoisotopic (exact) mass is 258 g/mol. The van der Waals surface area contributed by atoms with Crippen LogP contribution < -0.4 is 0 Å². The SMILES string of the molecule is [GeH4].[MgH2].[SiH4].[SnH2]. The number of hydrogen-bond acceptors (Lipinski definition) is 0. The van der Waals surface area contributed by atoms with E-state index in [1.807, 2.05) is 0 Å². The van der Waals surface area contributed by atoms with Gasteiger partial charge in [0.2, 0.25) is 0 Å². The van der Waals surface area contributed by atoms with Crippen molar-refractivity contribution in [3.63, 3.8) is 0 Å². The van der Waals surface area contributed by atoms with Crippen LogP contribution in [-0.4, -0.2) is 75.5 Å². The molecule has 0 saturated carbocycles. The molecule has 0 aliphatic carbocycles. The normalized spacial score (nSPS) is 0. The van der Waals surface area contributed by atoms with Crippen molar-refractivity contribution in [2.45, 2.75) is 0 Å². The van der Waals surface area contributed by atoms with Crippen molar-refractivity contribution < 1.29 is 0 Å². The van der Waals surface area contributed by atoms with E-state index in [1.165, 1.54) is 0 Å². The van der Waals surface area contributed by atoms with E-state index in [4.69, 9.17) is 0 Å².